The summed E-state index contributed by atoms with van der Waals surface area (Å²) in [5.74, 6) is 0. The first kappa shape index (κ1) is 12.2. The van der Waals surface area contributed by atoms with E-state index < -0.39 is 0 Å². The van der Waals surface area contributed by atoms with Crippen molar-refractivity contribution in [2.24, 2.45) is 12.8 Å². The van der Waals surface area contributed by atoms with Crippen LogP contribution in [-0.4, -0.2) is 40.4 Å². The van der Waals surface area contributed by atoms with E-state index in [1.54, 1.807) is 0 Å². The van der Waals surface area contributed by atoms with Crippen molar-refractivity contribution in [3.63, 3.8) is 0 Å². The highest BCUT2D eigenvalue weighted by molar-refractivity contribution is 5.08. The average molecular weight is 210 g/mol. The number of hydrogen-bond acceptors (Lipinski definition) is 3. The van der Waals surface area contributed by atoms with Crippen LogP contribution in [-0.2, 0) is 13.5 Å². The molecular formula is C11H22N4. The van der Waals surface area contributed by atoms with Crippen molar-refractivity contribution < 1.29 is 0 Å². The van der Waals surface area contributed by atoms with Crippen molar-refractivity contribution in [1.29, 1.82) is 0 Å². The average Bonchev–Trinajstić information content (AvgIpc) is 2.50. The molecule has 1 heterocycles. The fourth-order valence-corrected chi connectivity index (χ4v) is 1.41. The second-order valence-electron chi connectivity index (χ2n) is 4.88. The van der Waals surface area contributed by atoms with Crippen molar-refractivity contribution in [2.75, 3.05) is 14.1 Å². The van der Waals surface area contributed by atoms with Gasteiger partial charge in [0.25, 0.3) is 0 Å². The van der Waals surface area contributed by atoms with Gasteiger partial charge in [-0.1, -0.05) is 0 Å². The fourth-order valence-electron chi connectivity index (χ4n) is 1.41. The molecule has 0 aliphatic rings. The van der Waals surface area contributed by atoms with Crippen LogP contribution in [0.3, 0.4) is 0 Å². The Hall–Kier alpha value is -0.870. The molecule has 1 aromatic rings. The van der Waals surface area contributed by atoms with Gasteiger partial charge in [-0.2, -0.15) is 5.10 Å². The molecule has 1 atom stereocenters. The molecule has 0 saturated carbocycles. The summed E-state index contributed by atoms with van der Waals surface area (Å²) in [4.78, 5) is 2.16. The van der Waals surface area contributed by atoms with Crippen LogP contribution in [0.15, 0.2) is 12.4 Å². The zero-order valence-corrected chi connectivity index (χ0v) is 10.4. The molecule has 0 aromatic carbocycles. The number of hydrogen-bond donors (Lipinski definition) is 1. The highest BCUT2D eigenvalue weighted by atomic mass is 15.2. The number of aromatic nitrogens is 2. The number of aryl methyl sites for hydroxylation is 1. The second kappa shape index (κ2) is 4.33. The molecule has 4 nitrogen and oxygen atoms in total. The van der Waals surface area contributed by atoms with Crippen LogP contribution in [0.2, 0.25) is 0 Å². The number of nitrogens with two attached hydrogens (primary N) is 1. The quantitative estimate of drug-likeness (QED) is 0.793. The number of rotatable bonds is 4. The summed E-state index contributed by atoms with van der Waals surface area (Å²) in [6.45, 7) is 4.32. The Morgan fingerprint density at radius 2 is 2.13 bits per heavy atom. The molecule has 0 radical (unpaired) electrons. The van der Waals surface area contributed by atoms with Gasteiger partial charge in [0.15, 0.2) is 0 Å². The molecule has 86 valence electrons. The van der Waals surface area contributed by atoms with Crippen molar-refractivity contribution in [3.8, 4) is 0 Å². The van der Waals surface area contributed by atoms with E-state index in [0.717, 1.165) is 6.42 Å². The van der Waals surface area contributed by atoms with Crippen molar-refractivity contribution in [3.05, 3.63) is 18.0 Å². The van der Waals surface area contributed by atoms with Crippen LogP contribution in [0.5, 0.6) is 0 Å². The molecule has 1 aromatic heterocycles. The maximum atomic E-state index is 6.21. The van der Waals surface area contributed by atoms with Gasteiger partial charge in [-0.3, -0.25) is 4.68 Å². The van der Waals surface area contributed by atoms with E-state index in [1.165, 1.54) is 5.56 Å². The molecule has 4 heteroatoms. The van der Waals surface area contributed by atoms with E-state index in [2.05, 4.69) is 37.9 Å². The molecule has 1 rings (SSSR count). The Morgan fingerprint density at radius 3 is 2.53 bits per heavy atom. The topological polar surface area (TPSA) is 47.1 Å². The van der Waals surface area contributed by atoms with Gasteiger partial charge in [0.1, 0.15) is 0 Å². The molecule has 0 bridgehead atoms. The van der Waals surface area contributed by atoms with Gasteiger partial charge in [0.2, 0.25) is 0 Å². The Morgan fingerprint density at radius 1 is 1.53 bits per heavy atom. The highest BCUT2D eigenvalue weighted by Gasteiger charge is 2.28. The van der Waals surface area contributed by atoms with E-state index in [-0.39, 0.29) is 11.6 Å². The van der Waals surface area contributed by atoms with Crippen molar-refractivity contribution in [1.82, 2.24) is 14.7 Å². The normalized spacial score (nSPS) is 14.6. The first-order chi connectivity index (χ1) is 6.84. The zero-order chi connectivity index (χ0) is 11.6. The first-order valence-corrected chi connectivity index (χ1v) is 5.24. The summed E-state index contributed by atoms with van der Waals surface area (Å²) in [6.07, 6.45) is 4.76. The Labute approximate surface area is 92.1 Å². The Balaban J connectivity index is 2.67. The van der Waals surface area contributed by atoms with Gasteiger partial charge in [-0.05, 0) is 39.9 Å². The predicted molar refractivity (Wildman–Crippen MR) is 62.7 cm³/mol. The molecule has 0 aliphatic carbocycles. The molecular weight excluding hydrogens is 188 g/mol. The largest absolute Gasteiger partial charge is 0.326 e. The lowest BCUT2D eigenvalue weighted by atomic mass is 9.90. The van der Waals surface area contributed by atoms with Gasteiger partial charge in [0.05, 0.1) is 6.20 Å². The molecule has 0 fully saturated rings. The summed E-state index contributed by atoms with van der Waals surface area (Å²) in [6, 6.07) is 0.108. The molecule has 0 spiro atoms. The fraction of sp³-hybridized carbons (Fsp3) is 0.727. The van der Waals surface area contributed by atoms with Gasteiger partial charge in [-0.25, -0.2) is 0 Å². The summed E-state index contributed by atoms with van der Waals surface area (Å²) in [5, 5.41) is 4.14. The molecule has 2 N–H and O–H groups in total. The van der Waals surface area contributed by atoms with Gasteiger partial charge in [0, 0.05) is 24.8 Å². The molecule has 15 heavy (non-hydrogen) atoms. The minimum atomic E-state index is -0.00413. The second-order valence-corrected chi connectivity index (χ2v) is 4.88. The Kier molecular flexibility index (Phi) is 3.52. The van der Waals surface area contributed by atoms with E-state index in [1.807, 2.05) is 24.1 Å². The van der Waals surface area contributed by atoms with E-state index >= 15 is 0 Å². The van der Waals surface area contributed by atoms with Gasteiger partial charge in [-0.15, -0.1) is 0 Å². The maximum absolute atomic E-state index is 6.21. The lowest BCUT2D eigenvalue weighted by molar-refractivity contribution is 0.158. The number of nitrogens with zero attached hydrogens (tertiary/aromatic N) is 3. The Bertz CT molecular complexity index is 314. The van der Waals surface area contributed by atoms with Crippen LogP contribution in [0, 0.1) is 0 Å². The third-order valence-electron chi connectivity index (χ3n) is 3.27. The smallest absolute Gasteiger partial charge is 0.0522 e. The van der Waals surface area contributed by atoms with Crippen LogP contribution in [0.4, 0.5) is 0 Å². The van der Waals surface area contributed by atoms with Crippen LogP contribution < -0.4 is 5.73 Å². The van der Waals surface area contributed by atoms with Gasteiger partial charge >= 0.3 is 0 Å². The van der Waals surface area contributed by atoms with Crippen LogP contribution >= 0.6 is 0 Å². The third-order valence-corrected chi connectivity index (χ3v) is 3.27. The minimum absolute atomic E-state index is 0.00413. The summed E-state index contributed by atoms with van der Waals surface area (Å²) < 4.78 is 1.81. The minimum Gasteiger partial charge on any atom is -0.326 e. The van der Waals surface area contributed by atoms with Crippen molar-refractivity contribution in [2.45, 2.75) is 31.8 Å². The zero-order valence-electron chi connectivity index (χ0n) is 10.4. The lowest BCUT2D eigenvalue weighted by Crippen LogP contribution is -2.54. The number of likely N-dealkylation sites (N-methyl/N-ethyl adjacent to an activating group) is 1. The SMILES string of the molecule is CN(C)C(C)(C)C(N)Cc1cnn(C)c1. The van der Waals surface area contributed by atoms with E-state index in [4.69, 9.17) is 5.73 Å². The van der Waals surface area contributed by atoms with E-state index in [9.17, 15) is 0 Å². The molecule has 0 aliphatic heterocycles. The summed E-state index contributed by atoms with van der Waals surface area (Å²) >= 11 is 0. The maximum Gasteiger partial charge on any atom is 0.0522 e. The molecule has 0 amide bonds. The molecule has 0 saturated heterocycles. The monoisotopic (exact) mass is 210 g/mol. The van der Waals surface area contributed by atoms with E-state index in [0.29, 0.717) is 0 Å². The van der Waals surface area contributed by atoms with Crippen LogP contribution in [0.25, 0.3) is 0 Å². The predicted octanol–water partition coefficient (Wildman–Crippen LogP) is 0.630. The van der Waals surface area contributed by atoms with Crippen LogP contribution in [0.1, 0.15) is 19.4 Å². The van der Waals surface area contributed by atoms with Gasteiger partial charge < -0.3 is 10.6 Å². The summed E-state index contributed by atoms with van der Waals surface area (Å²) in [5.41, 5.74) is 7.41. The van der Waals surface area contributed by atoms with Crippen molar-refractivity contribution >= 4 is 0 Å². The third kappa shape index (κ3) is 2.79. The highest BCUT2D eigenvalue weighted by Crippen LogP contribution is 2.17. The first-order valence-electron chi connectivity index (χ1n) is 5.24. The summed E-state index contributed by atoms with van der Waals surface area (Å²) in [7, 11) is 6.04. The standard InChI is InChI=1S/C11H22N4/c1-11(2,14(3)4)10(12)6-9-7-13-15(5)8-9/h7-8,10H,6,12H2,1-5H3. The molecule has 1 unspecified atom stereocenters. The lowest BCUT2D eigenvalue weighted by Gasteiger charge is -2.38.